The molecule has 1 aromatic rings. The summed E-state index contributed by atoms with van der Waals surface area (Å²) >= 11 is 0. The zero-order valence-electron chi connectivity index (χ0n) is 12.6. The number of nitrogens with zero attached hydrogens (tertiary/aromatic N) is 1. The molecular formula is C16H26N2O2. The van der Waals surface area contributed by atoms with Crippen LogP contribution in [0.15, 0.2) is 23.1 Å². The average Bonchev–Trinajstić information content (AvgIpc) is 2.40. The second-order valence-corrected chi connectivity index (χ2v) is 6.58. The first-order valence-electron chi connectivity index (χ1n) is 7.54. The van der Waals surface area contributed by atoms with E-state index in [1.165, 1.54) is 18.9 Å². The lowest BCUT2D eigenvalue weighted by Gasteiger charge is -2.34. The predicted molar refractivity (Wildman–Crippen MR) is 81.7 cm³/mol. The van der Waals surface area contributed by atoms with E-state index >= 15 is 0 Å². The zero-order valence-corrected chi connectivity index (χ0v) is 12.6. The molecule has 0 saturated heterocycles. The van der Waals surface area contributed by atoms with Gasteiger partial charge in [0.1, 0.15) is 0 Å². The highest BCUT2D eigenvalue weighted by atomic mass is 16.5. The Bertz CT molecular complexity index is 483. The van der Waals surface area contributed by atoms with Crippen LogP contribution in [0.25, 0.3) is 0 Å². The Balaban J connectivity index is 1.69. The average molecular weight is 278 g/mol. The van der Waals surface area contributed by atoms with Crippen molar-refractivity contribution in [2.75, 3.05) is 12.3 Å². The monoisotopic (exact) mass is 278 g/mol. The lowest BCUT2D eigenvalue weighted by Crippen LogP contribution is -2.27. The van der Waals surface area contributed by atoms with Gasteiger partial charge < -0.3 is 15.0 Å². The number of hydrogen-bond acceptors (Lipinski definition) is 3. The molecule has 1 saturated carbocycles. The molecule has 0 atom stereocenters. The molecule has 2 N–H and O–H groups in total. The van der Waals surface area contributed by atoms with Gasteiger partial charge in [-0.3, -0.25) is 4.79 Å². The third-order valence-corrected chi connectivity index (χ3v) is 4.19. The highest BCUT2D eigenvalue weighted by molar-refractivity contribution is 5.33. The van der Waals surface area contributed by atoms with E-state index in [-0.39, 0.29) is 5.56 Å². The number of anilines is 1. The molecule has 0 unspecified atom stereocenters. The van der Waals surface area contributed by atoms with E-state index in [1.54, 1.807) is 16.8 Å². The molecular weight excluding hydrogens is 252 g/mol. The topological polar surface area (TPSA) is 57.2 Å². The summed E-state index contributed by atoms with van der Waals surface area (Å²) in [6.07, 6.45) is 7.75. The Labute approximate surface area is 120 Å². The van der Waals surface area contributed by atoms with Gasteiger partial charge in [-0.25, -0.2) is 0 Å². The van der Waals surface area contributed by atoms with Crippen LogP contribution in [0.4, 0.5) is 5.69 Å². The Morgan fingerprint density at radius 3 is 2.75 bits per heavy atom. The largest absolute Gasteiger partial charge is 0.398 e. The number of nitrogen functional groups attached to an aromatic ring is 1. The molecule has 1 aromatic heterocycles. The fourth-order valence-electron chi connectivity index (χ4n) is 2.75. The molecule has 2 rings (SSSR count). The Hall–Kier alpha value is -1.29. The molecule has 1 heterocycles. The van der Waals surface area contributed by atoms with Crippen molar-refractivity contribution in [2.24, 2.45) is 5.41 Å². The number of ether oxygens (including phenoxy) is 1. The fourth-order valence-corrected chi connectivity index (χ4v) is 2.75. The van der Waals surface area contributed by atoms with Gasteiger partial charge in [-0.2, -0.15) is 0 Å². The molecule has 1 aliphatic carbocycles. The van der Waals surface area contributed by atoms with Gasteiger partial charge in [-0.05, 0) is 43.6 Å². The Morgan fingerprint density at radius 2 is 2.05 bits per heavy atom. The van der Waals surface area contributed by atoms with Crippen molar-refractivity contribution in [2.45, 2.75) is 58.6 Å². The van der Waals surface area contributed by atoms with Crippen molar-refractivity contribution in [3.05, 3.63) is 28.7 Å². The Kier molecular flexibility index (Phi) is 4.86. The van der Waals surface area contributed by atoms with Crippen LogP contribution < -0.4 is 11.3 Å². The number of pyridine rings is 1. The summed E-state index contributed by atoms with van der Waals surface area (Å²) in [4.78, 5) is 11.6. The van der Waals surface area contributed by atoms with Gasteiger partial charge in [0, 0.05) is 31.1 Å². The summed E-state index contributed by atoms with van der Waals surface area (Å²) < 4.78 is 7.58. The fraction of sp³-hybridized carbons (Fsp3) is 0.688. The zero-order chi connectivity index (χ0) is 14.6. The molecule has 0 spiro atoms. The van der Waals surface area contributed by atoms with E-state index in [0.29, 0.717) is 30.4 Å². The lowest BCUT2D eigenvalue weighted by molar-refractivity contribution is 0.00222. The van der Waals surface area contributed by atoms with Crippen molar-refractivity contribution in [1.82, 2.24) is 4.57 Å². The van der Waals surface area contributed by atoms with Gasteiger partial charge >= 0.3 is 0 Å². The normalized spacial score (nSPS) is 19.1. The first-order valence-corrected chi connectivity index (χ1v) is 7.54. The Morgan fingerprint density at radius 1 is 1.35 bits per heavy atom. The summed E-state index contributed by atoms with van der Waals surface area (Å²) in [5.41, 5.74) is 6.79. The van der Waals surface area contributed by atoms with E-state index in [4.69, 9.17) is 10.5 Å². The van der Waals surface area contributed by atoms with Crippen LogP contribution in [-0.4, -0.2) is 17.3 Å². The highest BCUT2D eigenvalue weighted by Crippen LogP contribution is 2.36. The highest BCUT2D eigenvalue weighted by Gasteiger charge is 2.26. The quantitative estimate of drug-likeness (QED) is 0.843. The molecule has 4 heteroatoms. The minimum absolute atomic E-state index is 0.00128. The third-order valence-electron chi connectivity index (χ3n) is 4.19. The van der Waals surface area contributed by atoms with Gasteiger partial charge in [-0.15, -0.1) is 0 Å². The first kappa shape index (κ1) is 15.1. The van der Waals surface area contributed by atoms with Gasteiger partial charge in [0.05, 0.1) is 6.10 Å². The number of aromatic nitrogens is 1. The van der Waals surface area contributed by atoms with Crippen molar-refractivity contribution in [3.8, 4) is 0 Å². The van der Waals surface area contributed by atoms with Gasteiger partial charge in [0.15, 0.2) is 0 Å². The molecule has 4 nitrogen and oxygen atoms in total. The molecule has 0 aromatic carbocycles. The molecule has 1 aliphatic rings. The van der Waals surface area contributed by atoms with E-state index in [1.807, 2.05) is 0 Å². The van der Waals surface area contributed by atoms with Crippen LogP contribution in [-0.2, 0) is 11.3 Å². The van der Waals surface area contributed by atoms with E-state index < -0.39 is 0 Å². The maximum atomic E-state index is 11.6. The standard InChI is InChI=1S/C16H26N2O2/c1-16(2)8-6-14(7-9-16)20-11-3-10-18-12-13(17)4-5-15(18)19/h4-5,12,14H,3,6-11,17H2,1-2H3. The van der Waals surface area contributed by atoms with Gasteiger partial charge in [0.25, 0.3) is 5.56 Å². The second kappa shape index (κ2) is 6.44. The summed E-state index contributed by atoms with van der Waals surface area (Å²) in [5.74, 6) is 0. The third kappa shape index (κ3) is 4.37. The SMILES string of the molecule is CC1(C)CCC(OCCCn2cc(N)ccc2=O)CC1. The number of hydrogen-bond donors (Lipinski definition) is 1. The molecule has 0 bridgehead atoms. The van der Waals surface area contributed by atoms with Crippen LogP contribution in [0, 0.1) is 5.41 Å². The summed E-state index contributed by atoms with van der Waals surface area (Å²) in [6, 6.07) is 3.15. The molecule has 0 radical (unpaired) electrons. The number of nitrogens with two attached hydrogens (primary N) is 1. The summed E-state index contributed by atoms with van der Waals surface area (Å²) in [5, 5.41) is 0. The number of rotatable bonds is 5. The van der Waals surface area contributed by atoms with Crippen molar-refractivity contribution in [3.63, 3.8) is 0 Å². The van der Waals surface area contributed by atoms with Crippen LogP contribution in [0.2, 0.25) is 0 Å². The molecule has 112 valence electrons. The van der Waals surface area contributed by atoms with E-state index in [9.17, 15) is 4.79 Å². The van der Waals surface area contributed by atoms with Crippen LogP contribution >= 0.6 is 0 Å². The van der Waals surface area contributed by atoms with Crippen LogP contribution in [0.5, 0.6) is 0 Å². The van der Waals surface area contributed by atoms with Crippen LogP contribution in [0.1, 0.15) is 46.0 Å². The van der Waals surface area contributed by atoms with Crippen molar-refractivity contribution < 1.29 is 4.74 Å². The first-order chi connectivity index (χ1) is 9.46. The second-order valence-electron chi connectivity index (χ2n) is 6.58. The smallest absolute Gasteiger partial charge is 0.250 e. The van der Waals surface area contributed by atoms with E-state index in [0.717, 1.165) is 19.3 Å². The molecule has 20 heavy (non-hydrogen) atoms. The minimum Gasteiger partial charge on any atom is -0.398 e. The maximum absolute atomic E-state index is 11.6. The van der Waals surface area contributed by atoms with Gasteiger partial charge in [-0.1, -0.05) is 13.8 Å². The summed E-state index contributed by atoms with van der Waals surface area (Å²) in [7, 11) is 0. The molecule has 1 fully saturated rings. The maximum Gasteiger partial charge on any atom is 0.250 e. The predicted octanol–water partition coefficient (Wildman–Crippen LogP) is 2.81. The number of aryl methyl sites for hydroxylation is 1. The minimum atomic E-state index is -0.00128. The lowest BCUT2D eigenvalue weighted by atomic mass is 9.76. The van der Waals surface area contributed by atoms with Crippen molar-refractivity contribution >= 4 is 5.69 Å². The summed E-state index contributed by atoms with van der Waals surface area (Å²) in [6.45, 7) is 6.04. The van der Waals surface area contributed by atoms with E-state index in [2.05, 4.69) is 13.8 Å². The molecule has 0 aliphatic heterocycles. The van der Waals surface area contributed by atoms with Crippen LogP contribution in [0.3, 0.4) is 0 Å². The van der Waals surface area contributed by atoms with Crippen molar-refractivity contribution in [1.29, 1.82) is 0 Å². The van der Waals surface area contributed by atoms with Gasteiger partial charge in [0.2, 0.25) is 0 Å². The molecule has 0 amide bonds.